The van der Waals surface area contributed by atoms with Crippen LogP contribution in [0.4, 0.5) is 4.39 Å². The quantitative estimate of drug-likeness (QED) is 0.720. The second-order valence-corrected chi connectivity index (χ2v) is 6.23. The van der Waals surface area contributed by atoms with Crippen LogP contribution in [0.3, 0.4) is 0 Å². The lowest BCUT2D eigenvalue weighted by atomic mass is 10.1. The van der Waals surface area contributed by atoms with Crippen molar-refractivity contribution < 1.29 is 9.18 Å². The highest BCUT2D eigenvalue weighted by atomic mass is 19.1. The molecule has 1 aliphatic heterocycles. The number of amides is 1. The van der Waals surface area contributed by atoms with Crippen LogP contribution in [0.1, 0.15) is 23.3 Å². The zero-order valence-electron chi connectivity index (χ0n) is 13.6. The van der Waals surface area contributed by atoms with Gasteiger partial charge < -0.3 is 4.90 Å². The highest BCUT2D eigenvalue weighted by Gasteiger charge is 2.24. The molecule has 4 rings (SSSR count). The molecule has 1 amide bonds. The predicted molar refractivity (Wildman–Crippen MR) is 94.6 cm³/mol. The molecule has 0 atom stereocenters. The number of carbonyl (C=O) groups excluding carboxylic acids is 1. The van der Waals surface area contributed by atoms with Crippen molar-refractivity contribution in [3.8, 4) is 5.69 Å². The summed E-state index contributed by atoms with van der Waals surface area (Å²) in [6.45, 7) is 1.40. The molecule has 126 valence electrons. The fraction of sp³-hybridized carbons (Fsp3) is 0.200. The molecular formula is C20H17FN2O2. The van der Waals surface area contributed by atoms with Crippen molar-refractivity contribution in [2.75, 3.05) is 13.1 Å². The average Bonchev–Trinajstić information content (AvgIpc) is 3.17. The van der Waals surface area contributed by atoms with E-state index < -0.39 is 0 Å². The number of fused-ring (bicyclic) bond motifs is 1. The van der Waals surface area contributed by atoms with Gasteiger partial charge in [-0.2, -0.15) is 0 Å². The molecule has 2 heterocycles. The number of pyridine rings is 1. The van der Waals surface area contributed by atoms with Crippen LogP contribution in [0.15, 0.2) is 59.4 Å². The number of rotatable bonds is 2. The Bertz CT molecular complexity index is 1000. The maximum atomic E-state index is 13.3. The molecule has 0 saturated carbocycles. The summed E-state index contributed by atoms with van der Waals surface area (Å²) in [4.78, 5) is 27.8. The summed E-state index contributed by atoms with van der Waals surface area (Å²) in [5.74, 6) is -0.547. The van der Waals surface area contributed by atoms with Gasteiger partial charge in [0.2, 0.25) is 0 Å². The van der Waals surface area contributed by atoms with Gasteiger partial charge in [-0.25, -0.2) is 4.39 Å². The van der Waals surface area contributed by atoms with E-state index in [0.717, 1.165) is 18.2 Å². The normalized spacial score (nSPS) is 14.2. The van der Waals surface area contributed by atoms with Gasteiger partial charge in [0.1, 0.15) is 11.5 Å². The minimum absolute atomic E-state index is 0.162. The highest BCUT2D eigenvalue weighted by molar-refractivity contribution is 5.97. The molecule has 5 heteroatoms. The zero-order valence-corrected chi connectivity index (χ0v) is 13.6. The highest BCUT2D eigenvalue weighted by Crippen LogP contribution is 2.20. The molecule has 1 fully saturated rings. The van der Waals surface area contributed by atoms with Gasteiger partial charge >= 0.3 is 0 Å². The Morgan fingerprint density at radius 1 is 0.960 bits per heavy atom. The van der Waals surface area contributed by atoms with E-state index in [1.54, 1.807) is 23.1 Å². The summed E-state index contributed by atoms with van der Waals surface area (Å²) < 4.78 is 14.7. The fourth-order valence-electron chi connectivity index (χ4n) is 3.35. The Kier molecular flexibility index (Phi) is 3.84. The van der Waals surface area contributed by atoms with Crippen molar-refractivity contribution in [1.29, 1.82) is 0 Å². The van der Waals surface area contributed by atoms with Crippen LogP contribution in [-0.4, -0.2) is 28.5 Å². The van der Waals surface area contributed by atoms with Crippen LogP contribution in [0.25, 0.3) is 16.5 Å². The Balaban J connectivity index is 1.98. The smallest absolute Gasteiger partial charge is 0.270 e. The second-order valence-electron chi connectivity index (χ2n) is 6.23. The zero-order chi connectivity index (χ0) is 17.4. The van der Waals surface area contributed by atoms with Gasteiger partial charge in [-0.3, -0.25) is 14.2 Å². The third kappa shape index (κ3) is 2.71. The first-order valence-electron chi connectivity index (χ1n) is 8.35. The Morgan fingerprint density at radius 3 is 2.36 bits per heavy atom. The summed E-state index contributed by atoms with van der Waals surface area (Å²) >= 11 is 0. The number of benzene rings is 2. The van der Waals surface area contributed by atoms with E-state index in [1.165, 1.54) is 28.8 Å². The van der Waals surface area contributed by atoms with Crippen molar-refractivity contribution >= 4 is 16.7 Å². The number of hydrogen-bond acceptors (Lipinski definition) is 2. The molecule has 2 aromatic carbocycles. The molecule has 1 aliphatic rings. The monoisotopic (exact) mass is 336 g/mol. The van der Waals surface area contributed by atoms with Crippen molar-refractivity contribution in [2.24, 2.45) is 0 Å². The van der Waals surface area contributed by atoms with Gasteiger partial charge in [-0.05, 0) is 54.6 Å². The SMILES string of the molecule is O=C(c1cc2ccccc2c(=O)n1-c1ccc(F)cc1)N1CCCC1. The van der Waals surface area contributed by atoms with Crippen molar-refractivity contribution in [3.63, 3.8) is 0 Å². The standard InChI is InChI=1S/C20H17FN2O2/c21-15-7-9-16(10-8-15)23-18(20(25)22-11-3-4-12-22)13-14-5-1-2-6-17(14)19(23)24/h1-2,5-10,13H,3-4,11-12H2. The molecule has 0 spiro atoms. The summed E-state index contributed by atoms with van der Waals surface area (Å²) in [5.41, 5.74) is 0.532. The Hall–Kier alpha value is -2.95. The molecule has 1 saturated heterocycles. The number of carbonyl (C=O) groups is 1. The molecule has 4 nitrogen and oxygen atoms in total. The number of nitrogens with zero attached hydrogens (tertiary/aromatic N) is 2. The third-order valence-corrected chi connectivity index (χ3v) is 4.62. The van der Waals surface area contributed by atoms with Gasteiger partial charge in [0.05, 0.1) is 0 Å². The largest absolute Gasteiger partial charge is 0.337 e. The fourth-order valence-corrected chi connectivity index (χ4v) is 3.35. The molecule has 0 aliphatic carbocycles. The van der Waals surface area contributed by atoms with E-state index >= 15 is 0 Å². The van der Waals surface area contributed by atoms with Gasteiger partial charge in [-0.1, -0.05) is 18.2 Å². The maximum absolute atomic E-state index is 13.3. The number of halogens is 1. The maximum Gasteiger partial charge on any atom is 0.270 e. The topological polar surface area (TPSA) is 42.3 Å². The van der Waals surface area contributed by atoms with Crippen molar-refractivity contribution in [3.05, 3.63) is 76.5 Å². The van der Waals surface area contributed by atoms with Gasteiger partial charge in [0.15, 0.2) is 0 Å². The van der Waals surface area contributed by atoms with Crippen LogP contribution in [0, 0.1) is 5.82 Å². The van der Waals surface area contributed by atoms with Gasteiger partial charge in [-0.15, -0.1) is 0 Å². The van der Waals surface area contributed by atoms with E-state index in [1.807, 2.05) is 12.1 Å². The molecule has 0 bridgehead atoms. The van der Waals surface area contributed by atoms with Gasteiger partial charge in [0.25, 0.3) is 11.5 Å². The summed E-state index contributed by atoms with van der Waals surface area (Å²) in [5, 5.41) is 1.26. The molecule has 3 aromatic rings. The van der Waals surface area contributed by atoms with Crippen LogP contribution in [0.5, 0.6) is 0 Å². The van der Waals surface area contributed by atoms with Crippen LogP contribution in [-0.2, 0) is 0 Å². The molecule has 0 radical (unpaired) electrons. The molecular weight excluding hydrogens is 319 g/mol. The van der Waals surface area contributed by atoms with Crippen LogP contribution < -0.4 is 5.56 Å². The number of likely N-dealkylation sites (tertiary alicyclic amines) is 1. The first-order valence-corrected chi connectivity index (χ1v) is 8.35. The lowest BCUT2D eigenvalue weighted by molar-refractivity contribution is 0.0784. The summed E-state index contributed by atoms with van der Waals surface area (Å²) in [6.07, 6.45) is 1.94. The van der Waals surface area contributed by atoms with Crippen LogP contribution in [0.2, 0.25) is 0 Å². The van der Waals surface area contributed by atoms with Gasteiger partial charge in [0, 0.05) is 24.2 Å². The molecule has 25 heavy (non-hydrogen) atoms. The van der Waals surface area contributed by atoms with E-state index in [4.69, 9.17) is 0 Å². The van der Waals surface area contributed by atoms with E-state index in [0.29, 0.717) is 29.9 Å². The lowest BCUT2D eigenvalue weighted by Crippen LogP contribution is -2.33. The Labute approximate surface area is 144 Å². The first-order chi connectivity index (χ1) is 12.1. The van der Waals surface area contributed by atoms with E-state index in [2.05, 4.69) is 0 Å². The first kappa shape index (κ1) is 15.6. The molecule has 0 unspecified atom stereocenters. The van der Waals surface area contributed by atoms with Crippen molar-refractivity contribution in [2.45, 2.75) is 12.8 Å². The molecule has 0 N–H and O–H groups in total. The molecule has 1 aromatic heterocycles. The average molecular weight is 336 g/mol. The summed E-state index contributed by atoms with van der Waals surface area (Å²) in [6, 6.07) is 14.6. The third-order valence-electron chi connectivity index (χ3n) is 4.62. The van der Waals surface area contributed by atoms with Crippen LogP contribution >= 0.6 is 0 Å². The lowest BCUT2D eigenvalue weighted by Gasteiger charge is -2.19. The summed E-state index contributed by atoms with van der Waals surface area (Å²) in [7, 11) is 0. The predicted octanol–water partition coefficient (Wildman–Crippen LogP) is 3.37. The second kappa shape index (κ2) is 6.16. The minimum atomic E-state index is -0.384. The number of aromatic nitrogens is 1. The number of hydrogen-bond donors (Lipinski definition) is 0. The Morgan fingerprint density at radius 2 is 1.64 bits per heavy atom. The van der Waals surface area contributed by atoms with E-state index in [-0.39, 0.29) is 17.3 Å². The minimum Gasteiger partial charge on any atom is -0.337 e. The van der Waals surface area contributed by atoms with Crippen molar-refractivity contribution in [1.82, 2.24) is 9.47 Å². The van der Waals surface area contributed by atoms with E-state index in [9.17, 15) is 14.0 Å².